The SMILES string of the molecule is Nc1ccc2[nH]cc(C(=O)NCC3CCCC(O)C3)c2c1. The van der Waals surface area contributed by atoms with Crippen molar-refractivity contribution in [2.24, 2.45) is 5.92 Å². The van der Waals surface area contributed by atoms with Crippen LogP contribution in [0.1, 0.15) is 36.0 Å². The number of hydrogen-bond donors (Lipinski definition) is 4. The van der Waals surface area contributed by atoms with Crippen LogP contribution in [0.25, 0.3) is 10.9 Å². The fraction of sp³-hybridized carbons (Fsp3) is 0.438. The maximum absolute atomic E-state index is 12.3. The molecule has 2 aromatic rings. The normalized spacial score (nSPS) is 22.3. The third-order valence-electron chi connectivity index (χ3n) is 4.26. The first kappa shape index (κ1) is 13.9. The molecule has 0 spiro atoms. The molecule has 0 radical (unpaired) electrons. The van der Waals surface area contributed by atoms with Gasteiger partial charge in [-0.25, -0.2) is 0 Å². The molecule has 2 atom stereocenters. The molecule has 5 N–H and O–H groups in total. The Morgan fingerprint density at radius 1 is 1.43 bits per heavy atom. The van der Waals surface area contributed by atoms with Crippen LogP contribution >= 0.6 is 0 Å². The number of carbonyl (C=O) groups excluding carboxylic acids is 1. The molecule has 1 aromatic carbocycles. The molecular weight excluding hydrogens is 266 g/mol. The lowest BCUT2D eigenvalue weighted by Crippen LogP contribution is -2.32. The summed E-state index contributed by atoms with van der Waals surface area (Å²) < 4.78 is 0. The molecule has 5 heteroatoms. The Kier molecular flexibility index (Phi) is 3.84. The predicted octanol–water partition coefficient (Wildman–Crippen LogP) is 2.03. The standard InChI is InChI=1S/C16H21N3O2/c17-11-4-5-15-13(7-11)14(9-18-15)16(21)19-8-10-2-1-3-12(20)6-10/h4-5,7,9-10,12,18,20H,1-3,6,8,17H2,(H,19,21). The van der Waals surface area contributed by atoms with E-state index in [1.807, 2.05) is 18.2 Å². The summed E-state index contributed by atoms with van der Waals surface area (Å²) in [4.78, 5) is 15.4. The highest BCUT2D eigenvalue weighted by molar-refractivity contribution is 6.07. The van der Waals surface area contributed by atoms with Crippen LogP contribution in [0, 0.1) is 5.92 Å². The summed E-state index contributed by atoms with van der Waals surface area (Å²) in [5.41, 5.74) is 7.95. The number of carbonyl (C=O) groups is 1. The van der Waals surface area contributed by atoms with Crippen molar-refractivity contribution in [2.45, 2.75) is 31.8 Å². The zero-order valence-corrected chi connectivity index (χ0v) is 11.9. The molecule has 0 bridgehead atoms. The Morgan fingerprint density at radius 3 is 3.10 bits per heavy atom. The van der Waals surface area contributed by atoms with E-state index in [2.05, 4.69) is 10.3 Å². The molecule has 1 aliphatic carbocycles. The smallest absolute Gasteiger partial charge is 0.253 e. The molecule has 1 amide bonds. The van der Waals surface area contributed by atoms with Crippen LogP contribution in [-0.2, 0) is 0 Å². The van der Waals surface area contributed by atoms with Gasteiger partial charge in [0, 0.05) is 29.3 Å². The number of amides is 1. The van der Waals surface area contributed by atoms with Gasteiger partial charge < -0.3 is 21.1 Å². The van der Waals surface area contributed by atoms with Crippen LogP contribution < -0.4 is 11.1 Å². The zero-order chi connectivity index (χ0) is 14.8. The van der Waals surface area contributed by atoms with Crippen LogP contribution in [0.5, 0.6) is 0 Å². The highest BCUT2D eigenvalue weighted by atomic mass is 16.3. The Bertz CT molecular complexity index is 650. The van der Waals surface area contributed by atoms with Gasteiger partial charge in [0.2, 0.25) is 0 Å². The number of benzene rings is 1. The molecule has 1 aliphatic rings. The number of hydrogen-bond acceptors (Lipinski definition) is 3. The lowest BCUT2D eigenvalue weighted by Gasteiger charge is -2.25. The molecule has 1 saturated carbocycles. The number of H-pyrrole nitrogens is 1. The number of aliphatic hydroxyl groups excluding tert-OH is 1. The summed E-state index contributed by atoms with van der Waals surface area (Å²) in [5.74, 6) is 0.278. The number of aliphatic hydroxyl groups is 1. The highest BCUT2D eigenvalue weighted by Gasteiger charge is 2.21. The van der Waals surface area contributed by atoms with Crippen LogP contribution in [0.4, 0.5) is 5.69 Å². The average Bonchev–Trinajstić information content (AvgIpc) is 2.88. The van der Waals surface area contributed by atoms with Crippen molar-refractivity contribution in [3.63, 3.8) is 0 Å². The van der Waals surface area contributed by atoms with Crippen LogP contribution in [0.2, 0.25) is 0 Å². The Hall–Kier alpha value is -2.01. The van der Waals surface area contributed by atoms with E-state index in [4.69, 9.17) is 5.73 Å². The van der Waals surface area contributed by atoms with Crippen molar-refractivity contribution >= 4 is 22.5 Å². The van der Waals surface area contributed by atoms with Gasteiger partial charge in [-0.05, 0) is 43.4 Å². The summed E-state index contributed by atoms with van der Waals surface area (Å²) in [6.07, 6.45) is 5.26. The zero-order valence-electron chi connectivity index (χ0n) is 11.9. The summed E-state index contributed by atoms with van der Waals surface area (Å²) >= 11 is 0. The van der Waals surface area contributed by atoms with E-state index in [1.165, 1.54) is 0 Å². The number of nitrogens with one attached hydrogen (secondary N) is 2. The molecule has 1 aromatic heterocycles. The summed E-state index contributed by atoms with van der Waals surface area (Å²) in [7, 11) is 0. The number of nitrogen functional groups attached to an aromatic ring is 1. The third-order valence-corrected chi connectivity index (χ3v) is 4.26. The number of aromatic amines is 1. The fourth-order valence-electron chi connectivity index (χ4n) is 3.11. The largest absolute Gasteiger partial charge is 0.399 e. The van der Waals surface area contributed by atoms with Crippen molar-refractivity contribution in [3.8, 4) is 0 Å². The first-order chi connectivity index (χ1) is 10.1. The third kappa shape index (κ3) is 3.03. The van der Waals surface area contributed by atoms with Crippen molar-refractivity contribution in [1.82, 2.24) is 10.3 Å². The minimum absolute atomic E-state index is 0.0908. The molecule has 5 nitrogen and oxygen atoms in total. The molecule has 3 rings (SSSR count). The number of nitrogens with two attached hydrogens (primary N) is 1. The lowest BCUT2D eigenvalue weighted by molar-refractivity contribution is 0.0875. The molecule has 1 heterocycles. The van der Waals surface area contributed by atoms with Gasteiger partial charge in [-0.3, -0.25) is 4.79 Å². The molecule has 21 heavy (non-hydrogen) atoms. The number of fused-ring (bicyclic) bond motifs is 1. The second-order valence-corrected chi connectivity index (χ2v) is 5.90. The van der Waals surface area contributed by atoms with E-state index < -0.39 is 0 Å². The molecular formula is C16H21N3O2. The maximum atomic E-state index is 12.3. The molecule has 2 unspecified atom stereocenters. The molecule has 0 aliphatic heterocycles. The fourth-order valence-corrected chi connectivity index (χ4v) is 3.11. The topological polar surface area (TPSA) is 91.1 Å². The monoisotopic (exact) mass is 287 g/mol. The maximum Gasteiger partial charge on any atom is 0.253 e. The van der Waals surface area contributed by atoms with Crippen molar-refractivity contribution in [3.05, 3.63) is 30.0 Å². The second-order valence-electron chi connectivity index (χ2n) is 5.90. The van der Waals surface area contributed by atoms with Gasteiger partial charge in [0.15, 0.2) is 0 Å². The van der Waals surface area contributed by atoms with Gasteiger partial charge in [-0.2, -0.15) is 0 Å². The highest BCUT2D eigenvalue weighted by Crippen LogP contribution is 2.24. The minimum atomic E-state index is -0.214. The van der Waals surface area contributed by atoms with E-state index in [0.717, 1.165) is 36.6 Å². The number of aromatic nitrogens is 1. The number of anilines is 1. The van der Waals surface area contributed by atoms with Gasteiger partial charge in [-0.15, -0.1) is 0 Å². The van der Waals surface area contributed by atoms with E-state index in [9.17, 15) is 9.90 Å². The first-order valence-electron chi connectivity index (χ1n) is 7.46. The molecule has 0 saturated heterocycles. The van der Waals surface area contributed by atoms with Crippen LogP contribution in [-0.4, -0.2) is 28.6 Å². The predicted molar refractivity (Wildman–Crippen MR) is 83.0 cm³/mol. The summed E-state index contributed by atoms with van der Waals surface area (Å²) in [6.45, 7) is 0.616. The summed E-state index contributed by atoms with van der Waals surface area (Å²) in [5, 5.41) is 13.5. The Labute approximate surface area is 123 Å². The number of rotatable bonds is 3. The van der Waals surface area contributed by atoms with E-state index >= 15 is 0 Å². The molecule has 112 valence electrons. The van der Waals surface area contributed by atoms with E-state index in [1.54, 1.807) is 6.20 Å². The van der Waals surface area contributed by atoms with Gasteiger partial charge in [0.1, 0.15) is 0 Å². The lowest BCUT2D eigenvalue weighted by atomic mass is 9.87. The Morgan fingerprint density at radius 2 is 2.29 bits per heavy atom. The quantitative estimate of drug-likeness (QED) is 0.651. The van der Waals surface area contributed by atoms with E-state index in [0.29, 0.717) is 23.7 Å². The average molecular weight is 287 g/mol. The van der Waals surface area contributed by atoms with Crippen LogP contribution in [0.3, 0.4) is 0 Å². The van der Waals surface area contributed by atoms with Crippen molar-refractivity contribution in [1.29, 1.82) is 0 Å². The van der Waals surface area contributed by atoms with E-state index in [-0.39, 0.29) is 12.0 Å². The van der Waals surface area contributed by atoms with Gasteiger partial charge in [0.25, 0.3) is 5.91 Å². The van der Waals surface area contributed by atoms with Gasteiger partial charge in [-0.1, -0.05) is 6.42 Å². The first-order valence-corrected chi connectivity index (χ1v) is 7.46. The second kappa shape index (κ2) is 5.77. The van der Waals surface area contributed by atoms with Gasteiger partial charge >= 0.3 is 0 Å². The summed E-state index contributed by atoms with van der Waals surface area (Å²) in [6, 6.07) is 5.49. The Balaban J connectivity index is 1.68. The van der Waals surface area contributed by atoms with Gasteiger partial charge in [0.05, 0.1) is 11.7 Å². The van der Waals surface area contributed by atoms with Crippen molar-refractivity contribution < 1.29 is 9.90 Å². The molecule has 1 fully saturated rings. The minimum Gasteiger partial charge on any atom is -0.399 e. The van der Waals surface area contributed by atoms with Crippen molar-refractivity contribution in [2.75, 3.05) is 12.3 Å². The van der Waals surface area contributed by atoms with Crippen LogP contribution in [0.15, 0.2) is 24.4 Å².